The molecule has 92 valence electrons. The van der Waals surface area contributed by atoms with E-state index in [-0.39, 0.29) is 11.8 Å². The maximum atomic E-state index is 11.6. The van der Waals surface area contributed by atoms with Crippen LogP contribution < -0.4 is 5.32 Å². The Morgan fingerprint density at radius 2 is 2.29 bits per heavy atom. The van der Waals surface area contributed by atoms with E-state index < -0.39 is 11.9 Å². The molecule has 2 N–H and O–H groups in total. The van der Waals surface area contributed by atoms with Crippen molar-refractivity contribution in [2.45, 2.75) is 19.9 Å². The summed E-state index contributed by atoms with van der Waals surface area (Å²) in [5.41, 5.74) is 1.83. The molecule has 0 aromatic carbocycles. The van der Waals surface area contributed by atoms with Crippen LogP contribution in [0.5, 0.6) is 0 Å². The van der Waals surface area contributed by atoms with E-state index in [0.717, 1.165) is 11.3 Å². The lowest BCUT2D eigenvalue weighted by molar-refractivity contribution is -0.140. The van der Waals surface area contributed by atoms with Crippen LogP contribution >= 0.6 is 0 Å². The number of hydrogen-bond donors (Lipinski definition) is 2. The van der Waals surface area contributed by atoms with Crippen LogP contribution in [0.15, 0.2) is 6.20 Å². The highest BCUT2D eigenvalue weighted by Crippen LogP contribution is 2.38. The first-order chi connectivity index (χ1) is 7.99. The fourth-order valence-electron chi connectivity index (χ4n) is 1.89. The number of carboxylic acid groups (broad SMARTS) is 1. The van der Waals surface area contributed by atoms with Crippen LogP contribution in [-0.2, 0) is 23.2 Å². The predicted molar refractivity (Wildman–Crippen MR) is 59.0 cm³/mol. The largest absolute Gasteiger partial charge is 0.481 e. The van der Waals surface area contributed by atoms with Gasteiger partial charge in [0.2, 0.25) is 5.91 Å². The first kappa shape index (κ1) is 11.6. The molecule has 0 spiro atoms. The van der Waals surface area contributed by atoms with Crippen molar-refractivity contribution in [1.82, 2.24) is 15.1 Å². The number of amides is 1. The zero-order valence-corrected chi connectivity index (χ0v) is 9.80. The van der Waals surface area contributed by atoms with Crippen LogP contribution in [-0.4, -0.2) is 26.8 Å². The Balaban J connectivity index is 1.85. The van der Waals surface area contributed by atoms with Gasteiger partial charge in [-0.25, -0.2) is 0 Å². The van der Waals surface area contributed by atoms with E-state index in [0.29, 0.717) is 13.0 Å². The molecule has 1 amide bonds. The fraction of sp³-hybridized carbons (Fsp3) is 0.545. The molecule has 1 aromatic rings. The molecule has 1 aromatic heterocycles. The molecule has 0 bridgehead atoms. The van der Waals surface area contributed by atoms with Crippen molar-refractivity contribution in [3.8, 4) is 0 Å². The highest BCUT2D eigenvalue weighted by Gasteiger charge is 2.48. The summed E-state index contributed by atoms with van der Waals surface area (Å²) >= 11 is 0. The summed E-state index contributed by atoms with van der Waals surface area (Å²) in [5.74, 6) is -1.92. The topological polar surface area (TPSA) is 84.2 Å². The zero-order valence-electron chi connectivity index (χ0n) is 9.80. The summed E-state index contributed by atoms with van der Waals surface area (Å²) in [7, 11) is 1.82. The SMILES string of the molecule is Cc1nn(C)cc1CNC(=O)C1CC1C(=O)O. The van der Waals surface area contributed by atoms with E-state index in [9.17, 15) is 9.59 Å². The second-order valence-electron chi connectivity index (χ2n) is 4.42. The highest BCUT2D eigenvalue weighted by molar-refractivity contribution is 5.89. The lowest BCUT2D eigenvalue weighted by Crippen LogP contribution is -2.26. The lowest BCUT2D eigenvalue weighted by atomic mass is 10.2. The van der Waals surface area contributed by atoms with Crippen molar-refractivity contribution in [2.75, 3.05) is 0 Å². The van der Waals surface area contributed by atoms with Gasteiger partial charge in [-0.15, -0.1) is 0 Å². The van der Waals surface area contributed by atoms with E-state index in [1.807, 2.05) is 20.2 Å². The molecule has 6 heteroatoms. The van der Waals surface area contributed by atoms with Gasteiger partial charge < -0.3 is 10.4 Å². The Morgan fingerprint density at radius 3 is 2.76 bits per heavy atom. The minimum absolute atomic E-state index is 0.180. The maximum absolute atomic E-state index is 11.6. The van der Waals surface area contributed by atoms with Crippen molar-refractivity contribution >= 4 is 11.9 Å². The van der Waals surface area contributed by atoms with E-state index in [2.05, 4.69) is 10.4 Å². The van der Waals surface area contributed by atoms with Gasteiger partial charge in [-0.3, -0.25) is 14.3 Å². The molecule has 0 saturated heterocycles. The number of rotatable bonds is 4. The molecule has 1 fully saturated rings. The van der Waals surface area contributed by atoms with E-state index in [1.165, 1.54) is 0 Å². The molecule has 0 radical (unpaired) electrons. The predicted octanol–water partition coefficient (Wildman–Crippen LogP) is 0.0654. The highest BCUT2D eigenvalue weighted by atomic mass is 16.4. The number of aryl methyl sites for hydroxylation is 2. The number of aromatic nitrogens is 2. The van der Waals surface area contributed by atoms with Gasteiger partial charge in [0.1, 0.15) is 0 Å². The molecule has 2 atom stereocenters. The van der Waals surface area contributed by atoms with Crippen molar-refractivity contribution in [1.29, 1.82) is 0 Å². The fourth-order valence-corrected chi connectivity index (χ4v) is 1.89. The second-order valence-corrected chi connectivity index (χ2v) is 4.42. The number of aliphatic carboxylic acids is 1. The van der Waals surface area contributed by atoms with Gasteiger partial charge in [-0.05, 0) is 13.3 Å². The van der Waals surface area contributed by atoms with Crippen molar-refractivity contribution in [3.05, 3.63) is 17.5 Å². The first-order valence-corrected chi connectivity index (χ1v) is 5.48. The normalized spacial score (nSPS) is 22.2. The quantitative estimate of drug-likeness (QED) is 0.775. The first-order valence-electron chi connectivity index (χ1n) is 5.48. The zero-order chi connectivity index (χ0) is 12.6. The molecular weight excluding hydrogens is 222 g/mol. The Labute approximate surface area is 98.6 Å². The molecule has 1 aliphatic rings. The summed E-state index contributed by atoms with van der Waals surface area (Å²) in [6, 6.07) is 0. The summed E-state index contributed by atoms with van der Waals surface area (Å²) in [4.78, 5) is 22.2. The second kappa shape index (κ2) is 4.20. The Bertz CT molecular complexity index is 467. The molecule has 2 rings (SSSR count). The summed E-state index contributed by atoms with van der Waals surface area (Å²) in [6.45, 7) is 2.28. The number of hydrogen-bond acceptors (Lipinski definition) is 3. The Morgan fingerprint density at radius 1 is 1.59 bits per heavy atom. The molecule has 1 heterocycles. The number of carbonyl (C=O) groups is 2. The average Bonchev–Trinajstić information content (AvgIpc) is 2.97. The smallest absolute Gasteiger partial charge is 0.307 e. The van der Waals surface area contributed by atoms with Gasteiger partial charge in [-0.1, -0.05) is 0 Å². The minimum atomic E-state index is -0.886. The molecule has 1 saturated carbocycles. The minimum Gasteiger partial charge on any atom is -0.481 e. The van der Waals surface area contributed by atoms with Gasteiger partial charge in [0.25, 0.3) is 0 Å². The van der Waals surface area contributed by atoms with Crippen LogP contribution in [0.1, 0.15) is 17.7 Å². The third kappa shape index (κ3) is 2.46. The van der Waals surface area contributed by atoms with Crippen LogP contribution in [0.4, 0.5) is 0 Å². The monoisotopic (exact) mass is 237 g/mol. The van der Waals surface area contributed by atoms with Gasteiger partial charge in [-0.2, -0.15) is 5.10 Å². The number of carboxylic acids is 1. The molecule has 17 heavy (non-hydrogen) atoms. The van der Waals surface area contributed by atoms with Crippen molar-refractivity contribution < 1.29 is 14.7 Å². The Hall–Kier alpha value is -1.85. The standard InChI is InChI=1S/C11H15N3O3/c1-6-7(5-14(2)13-6)4-12-10(15)8-3-9(8)11(16)17/h5,8-9H,3-4H2,1-2H3,(H,12,15)(H,16,17). The molecular formula is C11H15N3O3. The maximum Gasteiger partial charge on any atom is 0.307 e. The van der Waals surface area contributed by atoms with E-state index >= 15 is 0 Å². The molecule has 2 unspecified atom stereocenters. The summed E-state index contributed by atoms with van der Waals surface area (Å²) in [6.07, 6.45) is 2.30. The number of carbonyl (C=O) groups excluding carboxylic acids is 1. The molecule has 1 aliphatic carbocycles. The number of nitrogens with one attached hydrogen (secondary N) is 1. The summed E-state index contributed by atoms with van der Waals surface area (Å²) < 4.78 is 1.69. The summed E-state index contributed by atoms with van der Waals surface area (Å²) in [5, 5.41) is 15.6. The van der Waals surface area contributed by atoms with Crippen molar-refractivity contribution in [3.63, 3.8) is 0 Å². The van der Waals surface area contributed by atoms with Gasteiger partial charge >= 0.3 is 5.97 Å². The third-order valence-corrected chi connectivity index (χ3v) is 3.01. The van der Waals surface area contributed by atoms with Gasteiger partial charge in [0.15, 0.2) is 0 Å². The molecule has 6 nitrogen and oxygen atoms in total. The van der Waals surface area contributed by atoms with Crippen LogP contribution in [0, 0.1) is 18.8 Å². The molecule has 0 aliphatic heterocycles. The van der Waals surface area contributed by atoms with Gasteiger partial charge in [0, 0.05) is 25.4 Å². The lowest BCUT2D eigenvalue weighted by Gasteiger charge is -2.02. The number of nitrogens with zero attached hydrogens (tertiary/aromatic N) is 2. The third-order valence-electron chi connectivity index (χ3n) is 3.01. The van der Waals surface area contributed by atoms with E-state index in [4.69, 9.17) is 5.11 Å². The van der Waals surface area contributed by atoms with E-state index in [1.54, 1.807) is 4.68 Å². The van der Waals surface area contributed by atoms with Crippen molar-refractivity contribution in [2.24, 2.45) is 18.9 Å². The van der Waals surface area contributed by atoms with Gasteiger partial charge in [0.05, 0.1) is 17.5 Å². The van der Waals surface area contributed by atoms with Crippen LogP contribution in [0.2, 0.25) is 0 Å². The Kier molecular flexibility index (Phi) is 2.87. The average molecular weight is 237 g/mol. The van der Waals surface area contributed by atoms with Crippen LogP contribution in [0.25, 0.3) is 0 Å². The van der Waals surface area contributed by atoms with Crippen LogP contribution in [0.3, 0.4) is 0 Å².